The molecule has 0 unspecified atom stereocenters. The summed E-state index contributed by atoms with van der Waals surface area (Å²) in [6.45, 7) is 3.25. The summed E-state index contributed by atoms with van der Waals surface area (Å²) in [6.07, 6.45) is 4.76. The quantitative estimate of drug-likeness (QED) is 0.878. The van der Waals surface area contributed by atoms with Gasteiger partial charge in [-0.1, -0.05) is 6.42 Å². The van der Waals surface area contributed by atoms with E-state index in [0.29, 0.717) is 16.8 Å². The predicted molar refractivity (Wildman–Crippen MR) is 99.2 cm³/mol. The second-order valence-electron chi connectivity index (χ2n) is 7.11. The van der Waals surface area contributed by atoms with Crippen molar-refractivity contribution in [3.63, 3.8) is 0 Å². The molecule has 0 atom stereocenters. The van der Waals surface area contributed by atoms with Crippen molar-refractivity contribution in [3.8, 4) is 0 Å². The summed E-state index contributed by atoms with van der Waals surface area (Å²) >= 11 is 0. The second-order valence-corrected chi connectivity index (χ2v) is 7.11. The van der Waals surface area contributed by atoms with Gasteiger partial charge in [0.25, 0.3) is 5.56 Å². The number of fused-ring (bicyclic) bond motifs is 1. The van der Waals surface area contributed by atoms with Gasteiger partial charge in [-0.2, -0.15) is 0 Å². The Morgan fingerprint density at radius 2 is 1.96 bits per heavy atom. The van der Waals surface area contributed by atoms with Gasteiger partial charge >= 0.3 is 0 Å². The summed E-state index contributed by atoms with van der Waals surface area (Å²) in [5.74, 6) is 0.577. The van der Waals surface area contributed by atoms with Crippen molar-refractivity contribution in [3.05, 3.63) is 34.9 Å². The fourth-order valence-electron chi connectivity index (χ4n) is 3.71. The summed E-state index contributed by atoms with van der Waals surface area (Å²) in [4.78, 5) is 33.3. The van der Waals surface area contributed by atoms with Gasteiger partial charge in [-0.25, -0.2) is 4.98 Å². The maximum Gasteiger partial charge on any atom is 0.261 e. The van der Waals surface area contributed by atoms with Crippen molar-refractivity contribution in [2.45, 2.75) is 25.8 Å². The third-order valence-electron chi connectivity index (χ3n) is 5.56. The molecule has 7 nitrogen and oxygen atoms in total. The van der Waals surface area contributed by atoms with Crippen molar-refractivity contribution in [2.75, 3.05) is 37.7 Å². The Morgan fingerprint density at radius 1 is 1.19 bits per heavy atom. The molecule has 7 heteroatoms. The molecule has 1 aromatic heterocycles. The molecule has 1 aliphatic heterocycles. The Bertz CT molecular complexity index is 867. The molecule has 1 aromatic carbocycles. The van der Waals surface area contributed by atoms with Crippen LogP contribution in [0, 0.1) is 5.92 Å². The van der Waals surface area contributed by atoms with Crippen molar-refractivity contribution in [2.24, 2.45) is 5.92 Å². The smallest absolute Gasteiger partial charge is 0.261 e. The zero-order valence-corrected chi connectivity index (χ0v) is 14.8. The highest BCUT2D eigenvalue weighted by molar-refractivity contribution is 5.82. The highest BCUT2D eigenvalue weighted by atomic mass is 16.3. The van der Waals surface area contributed by atoms with Crippen LogP contribution in [0.4, 0.5) is 5.69 Å². The van der Waals surface area contributed by atoms with Gasteiger partial charge in [0.2, 0.25) is 5.91 Å². The number of hydrogen-bond acceptors (Lipinski definition) is 5. The van der Waals surface area contributed by atoms with Crippen molar-refractivity contribution in [1.82, 2.24) is 14.5 Å². The number of aliphatic hydroxyl groups excluding tert-OH is 1. The fourth-order valence-corrected chi connectivity index (χ4v) is 3.71. The average molecular weight is 356 g/mol. The van der Waals surface area contributed by atoms with E-state index in [0.717, 1.165) is 44.7 Å². The monoisotopic (exact) mass is 356 g/mol. The van der Waals surface area contributed by atoms with Crippen LogP contribution >= 0.6 is 0 Å². The van der Waals surface area contributed by atoms with Crippen molar-refractivity contribution >= 4 is 22.5 Å². The number of hydrogen-bond donors (Lipinski definition) is 1. The number of aromatic nitrogens is 2. The number of rotatable bonds is 4. The normalized spacial score (nSPS) is 18.2. The Labute approximate surface area is 151 Å². The molecule has 138 valence electrons. The maximum absolute atomic E-state index is 12.4. The molecular formula is C19H24N4O3. The third-order valence-corrected chi connectivity index (χ3v) is 5.56. The molecule has 0 bridgehead atoms. The zero-order chi connectivity index (χ0) is 18.1. The molecule has 1 amide bonds. The fraction of sp³-hybridized carbons (Fsp3) is 0.526. The van der Waals surface area contributed by atoms with E-state index in [1.807, 2.05) is 17.0 Å². The minimum absolute atomic E-state index is 0.0883. The molecular weight excluding hydrogens is 332 g/mol. The SMILES string of the molecule is O=C(C1CCC1)N1CCN(c2ccc3c(=O)n(CCO)cnc3c2)CC1. The van der Waals surface area contributed by atoms with E-state index in [1.165, 1.54) is 17.3 Å². The van der Waals surface area contributed by atoms with E-state index >= 15 is 0 Å². The summed E-state index contributed by atoms with van der Waals surface area (Å²) < 4.78 is 1.42. The minimum atomic E-state index is -0.133. The van der Waals surface area contributed by atoms with Gasteiger partial charge in [0.1, 0.15) is 0 Å². The summed E-state index contributed by atoms with van der Waals surface area (Å²) in [6, 6.07) is 5.68. The van der Waals surface area contributed by atoms with E-state index in [4.69, 9.17) is 5.11 Å². The van der Waals surface area contributed by atoms with Gasteiger partial charge in [-0.05, 0) is 31.0 Å². The Kier molecular flexibility index (Phi) is 4.63. The number of benzene rings is 1. The van der Waals surface area contributed by atoms with Crippen molar-refractivity contribution < 1.29 is 9.90 Å². The lowest BCUT2D eigenvalue weighted by Gasteiger charge is -2.39. The molecule has 1 saturated carbocycles. The van der Waals surface area contributed by atoms with Crippen LogP contribution in [0.2, 0.25) is 0 Å². The average Bonchev–Trinajstić information content (AvgIpc) is 2.62. The lowest BCUT2D eigenvalue weighted by atomic mass is 9.84. The van der Waals surface area contributed by atoms with E-state index in [9.17, 15) is 9.59 Å². The largest absolute Gasteiger partial charge is 0.395 e. The standard InChI is InChI=1S/C19H24N4O3/c24-11-10-23-13-20-17-12-15(4-5-16(17)19(23)26)21-6-8-22(9-7-21)18(25)14-2-1-3-14/h4-5,12-14,24H,1-3,6-11H2. The Balaban J connectivity index is 1.48. The second kappa shape index (κ2) is 7.07. The van der Waals surface area contributed by atoms with E-state index < -0.39 is 0 Å². The van der Waals surface area contributed by atoms with Gasteiger partial charge in [-0.15, -0.1) is 0 Å². The number of carbonyl (C=O) groups excluding carboxylic acids is 1. The van der Waals surface area contributed by atoms with Crippen LogP contribution in [0.15, 0.2) is 29.3 Å². The number of piperazine rings is 1. The highest BCUT2D eigenvalue weighted by Gasteiger charge is 2.31. The number of anilines is 1. The van der Waals surface area contributed by atoms with Crippen LogP contribution in [-0.2, 0) is 11.3 Å². The van der Waals surface area contributed by atoms with Gasteiger partial charge in [0, 0.05) is 37.8 Å². The van der Waals surface area contributed by atoms with Crippen LogP contribution < -0.4 is 10.5 Å². The van der Waals surface area contributed by atoms with Gasteiger partial charge in [0.15, 0.2) is 0 Å². The van der Waals surface area contributed by atoms with Crippen LogP contribution in [0.25, 0.3) is 10.9 Å². The third kappa shape index (κ3) is 3.07. The van der Waals surface area contributed by atoms with E-state index in [1.54, 1.807) is 6.07 Å². The molecule has 2 heterocycles. The molecule has 4 rings (SSSR count). The molecule has 1 aliphatic carbocycles. The summed E-state index contributed by atoms with van der Waals surface area (Å²) in [5, 5.41) is 9.58. The number of amides is 1. The van der Waals surface area contributed by atoms with Crippen LogP contribution in [-0.4, -0.2) is 58.3 Å². The molecule has 26 heavy (non-hydrogen) atoms. The van der Waals surface area contributed by atoms with Crippen LogP contribution in [0.5, 0.6) is 0 Å². The number of aliphatic hydroxyl groups is 1. The molecule has 0 radical (unpaired) electrons. The van der Waals surface area contributed by atoms with Crippen LogP contribution in [0.3, 0.4) is 0 Å². The van der Waals surface area contributed by atoms with Gasteiger partial charge in [-0.3, -0.25) is 14.2 Å². The molecule has 1 N–H and O–H groups in total. The maximum atomic E-state index is 12.4. The Hall–Kier alpha value is -2.41. The lowest BCUT2D eigenvalue weighted by Crippen LogP contribution is -2.51. The van der Waals surface area contributed by atoms with E-state index in [2.05, 4.69) is 9.88 Å². The number of carbonyl (C=O) groups is 1. The van der Waals surface area contributed by atoms with Gasteiger partial charge in [0.05, 0.1) is 30.4 Å². The first-order valence-corrected chi connectivity index (χ1v) is 9.31. The first kappa shape index (κ1) is 17.0. The molecule has 2 aromatic rings. The first-order valence-electron chi connectivity index (χ1n) is 9.31. The highest BCUT2D eigenvalue weighted by Crippen LogP contribution is 2.29. The lowest BCUT2D eigenvalue weighted by molar-refractivity contribution is -0.138. The van der Waals surface area contributed by atoms with Crippen molar-refractivity contribution in [1.29, 1.82) is 0 Å². The predicted octanol–water partition coefficient (Wildman–Crippen LogP) is 0.837. The minimum Gasteiger partial charge on any atom is -0.395 e. The Morgan fingerprint density at radius 3 is 2.62 bits per heavy atom. The summed E-state index contributed by atoms with van der Waals surface area (Å²) in [7, 11) is 0. The first-order chi connectivity index (χ1) is 12.7. The van der Waals surface area contributed by atoms with Crippen LogP contribution in [0.1, 0.15) is 19.3 Å². The zero-order valence-electron chi connectivity index (χ0n) is 14.8. The van der Waals surface area contributed by atoms with Gasteiger partial charge < -0.3 is 14.9 Å². The molecule has 0 spiro atoms. The number of nitrogens with zero attached hydrogens (tertiary/aromatic N) is 4. The molecule has 1 saturated heterocycles. The molecule has 2 aliphatic rings. The summed E-state index contributed by atoms with van der Waals surface area (Å²) in [5.41, 5.74) is 1.56. The van der Waals surface area contributed by atoms with E-state index in [-0.39, 0.29) is 24.6 Å². The topological polar surface area (TPSA) is 78.7 Å². The molecule has 2 fully saturated rings.